The quantitative estimate of drug-likeness (QED) is 0.203. The van der Waals surface area contributed by atoms with Crippen LogP contribution >= 0.6 is 0 Å². The van der Waals surface area contributed by atoms with E-state index in [2.05, 4.69) is 22.2 Å². The van der Waals surface area contributed by atoms with E-state index in [1.165, 1.54) is 51.0 Å². The van der Waals surface area contributed by atoms with E-state index in [0.29, 0.717) is 4.57 Å². The third-order valence-corrected chi connectivity index (χ3v) is 6.85. The number of amides is 1. The highest BCUT2D eigenvalue weighted by Gasteiger charge is 2.59. The fourth-order valence-corrected chi connectivity index (χ4v) is 4.49. The summed E-state index contributed by atoms with van der Waals surface area (Å²) in [5.74, 6) is -5.37. The van der Waals surface area contributed by atoms with E-state index >= 15 is 0 Å². The molecule has 1 fully saturated rings. The molecular weight excluding hydrogens is 530 g/mol. The van der Waals surface area contributed by atoms with Gasteiger partial charge in [0, 0.05) is 11.8 Å². The number of nitrogens with one attached hydrogen (secondary N) is 1. The van der Waals surface area contributed by atoms with E-state index < -0.39 is 48.5 Å². The van der Waals surface area contributed by atoms with Crippen molar-refractivity contribution in [3.63, 3.8) is 0 Å². The van der Waals surface area contributed by atoms with Crippen LogP contribution in [0.1, 0.15) is 77.4 Å². The normalized spacial score (nSPS) is 21.7. The number of aliphatic hydroxyl groups is 2. The molecule has 0 spiro atoms. The number of carbonyl (C=O) groups is 2. The minimum Gasteiger partial charge on any atom is -0.461 e. The molecule has 3 rings (SSSR count). The molecule has 0 saturated carbocycles. The number of ether oxygens (including phenoxy) is 2. The van der Waals surface area contributed by atoms with Crippen molar-refractivity contribution >= 4 is 23.4 Å². The summed E-state index contributed by atoms with van der Waals surface area (Å²) < 4.78 is 39.3. The van der Waals surface area contributed by atoms with Gasteiger partial charge in [0.15, 0.2) is 6.10 Å². The average molecular weight is 569 g/mol. The van der Waals surface area contributed by atoms with Gasteiger partial charge in [0.2, 0.25) is 6.23 Å². The summed E-state index contributed by atoms with van der Waals surface area (Å²) in [7, 11) is 0. The maximum atomic E-state index is 14.3. The lowest BCUT2D eigenvalue weighted by Crippen LogP contribution is -2.41. The van der Waals surface area contributed by atoms with Crippen molar-refractivity contribution in [2.75, 3.05) is 25.1 Å². The number of alkyl halides is 2. The van der Waals surface area contributed by atoms with Crippen LogP contribution in [0.15, 0.2) is 33.7 Å². The van der Waals surface area contributed by atoms with Gasteiger partial charge in [0.05, 0.1) is 19.8 Å². The molecule has 0 aliphatic carbocycles. The molecule has 3 atom stereocenters. The van der Waals surface area contributed by atoms with Gasteiger partial charge in [-0.25, -0.2) is 9.59 Å². The van der Waals surface area contributed by atoms with Crippen LogP contribution in [-0.4, -0.2) is 75.2 Å². The Morgan fingerprint density at radius 3 is 2.40 bits per heavy atom. The Balaban J connectivity index is 1.41. The van der Waals surface area contributed by atoms with Gasteiger partial charge in [0.1, 0.15) is 17.6 Å². The number of nitrogens with zero attached hydrogens (tertiary/aromatic N) is 3. The number of halogens is 2. The van der Waals surface area contributed by atoms with Crippen molar-refractivity contribution in [2.45, 2.75) is 95.5 Å². The number of aliphatic hydroxyl groups excluding tert-OH is 2. The molecule has 13 heteroatoms. The Kier molecular flexibility index (Phi) is 11.9. The van der Waals surface area contributed by atoms with Gasteiger partial charge < -0.3 is 25.0 Å². The molecule has 3 N–H and O–H groups in total. The molecule has 11 nitrogen and oxygen atoms in total. The first-order chi connectivity index (χ1) is 19.2. The lowest BCUT2D eigenvalue weighted by atomic mass is 10.1. The van der Waals surface area contributed by atoms with Crippen molar-refractivity contribution in [1.29, 1.82) is 0 Å². The summed E-state index contributed by atoms with van der Waals surface area (Å²) >= 11 is 0. The van der Waals surface area contributed by atoms with Crippen LogP contribution in [0.3, 0.4) is 0 Å². The third kappa shape index (κ3) is 8.24. The third-order valence-electron chi connectivity index (χ3n) is 6.85. The van der Waals surface area contributed by atoms with E-state index in [1.54, 1.807) is 0 Å². The molecule has 222 valence electrons. The van der Waals surface area contributed by atoms with E-state index in [1.807, 2.05) is 0 Å². The van der Waals surface area contributed by atoms with E-state index in [9.17, 15) is 28.3 Å². The van der Waals surface area contributed by atoms with Crippen LogP contribution in [0.25, 0.3) is 0 Å². The largest absolute Gasteiger partial charge is 0.461 e. The second-order valence-corrected chi connectivity index (χ2v) is 9.97. The monoisotopic (exact) mass is 568 g/mol. The first-order valence-corrected chi connectivity index (χ1v) is 13.8. The summed E-state index contributed by atoms with van der Waals surface area (Å²) in [6.07, 6.45) is 7.79. The van der Waals surface area contributed by atoms with Crippen LogP contribution in [0.4, 0.5) is 14.6 Å². The van der Waals surface area contributed by atoms with Gasteiger partial charge in [-0.15, -0.1) is 0 Å². The fraction of sp³-hybridized carbons (Fsp3) is 0.667. The Labute approximate surface area is 231 Å². The highest BCUT2D eigenvalue weighted by molar-refractivity contribution is 6.43. The molecule has 1 aromatic rings. The van der Waals surface area contributed by atoms with Crippen LogP contribution in [0.5, 0.6) is 0 Å². The van der Waals surface area contributed by atoms with Crippen molar-refractivity contribution in [2.24, 2.45) is 4.99 Å². The lowest BCUT2D eigenvalue weighted by Gasteiger charge is -2.21. The van der Waals surface area contributed by atoms with Gasteiger partial charge in [-0.2, -0.15) is 13.8 Å². The number of anilines is 1. The lowest BCUT2D eigenvalue weighted by molar-refractivity contribution is -0.141. The number of carbonyl (C=O) groups excluding carboxylic acids is 2. The average Bonchev–Trinajstić information content (AvgIpc) is 3.51. The summed E-state index contributed by atoms with van der Waals surface area (Å²) in [5.41, 5.74) is -1.02. The van der Waals surface area contributed by atoms with Crippen LogP contribution in [-0.2, 0) is 19.1 Å². The van der Waals surface area contributed by atoms with Crippen LogP contribution in [0.2, 0.25) is 0 Å². The van der Waals surface area contributed by atoms with E-state index in [4.69, 9.17) is 14.6 Å². The molecule has 1 aromatic heterocycles. The maximum absolute atomic E-state index is 14.3. The van der Waals surface area contributed by atoms with Crippen LogP contribution in [0, 0.1) is 0 Å². The van der Waals surface area contributed by atoms with Crippen molar-refractivity contribution in [3.8, 4) is 0 Å². The Hall–Kier alpha value is -3.03. The highest BCUT2D eigenvalue weighted by atomic mass is 19.3. The zero-order chi connectivity index (χ0) is 29.1. The van der Waals surface area contributed by atoms with Gasteiger partial charge in [0.25, 0.3) is 5.91 Å². The summed E-state index contributed by atoms with van der Waals surface area (Å²) in [5, 5.41) is 21.1. The van der Waals surface area contributed by atoms with Crippen LogP contribution < -0.4 is 11.0 Å². The second-order valence-electron chi connectivity index (χ2n) is 9.97. The van der Waals surface area contributed by atoms with Gasteiger partial charge >= 0.3 is 17.6 Å². The zero-order valence-corrected chi connectivity index (χ0v) is 22.7. The number of rotatable bonds is 16. The van der Waals surface area contributed by atoms with Crippen molar-refractivity contribution in [1.82, 2.24) is 9.55 Å². The Bertz CT molecular complexity index is 1140. The molecule has 2 aliphatic rings. The first kappa shape index (κ1) is 31.5. The number of hydrogen-bond donors (Lipinski definition) is 3. The smallest absolute Gasteiger partial charge is 0.356 e. The minimum atomic E-state index is -3.85. The predicted octanol–water partition coefficient (Wildman–Crippen LogP) is 2.91. The summed E-state index contributed by atoms with van der Waals surface area (Å²) in [4.78, 5) is 44.8. The molecular formula is C27H38F2N4O7. The maximum Gasteiger partial charge on any atom is 0.356 e. The minimum absolute atomic E-state index is 0.0122. The van der Waals surface area contributed by atoms with Crippen molar-refractivity contribution < 1.29 is 38.1 Å². The molecule has 3 heterocycles. The Morgan fingerprint density at radius 1 is 1.15 bits per heavy atom. The second kappa shape index (κ2) is 15.1. The van der Waals surface area contributed by atoms with E-state index in [-0.39, 0.29) is 30.3 Å². The molecule has 40 heavy (non-hydrogen) atoms. The Morgan fingerprint density at radius 2 is 1.80 bits per heavy atom. The van der Waals surface area contributed by atoms with Gasteiger partial charge in [-0.3, -0.25) is 14.4 Å². The molecule has 1 amide bonds. The predicted molar refractivity (Wildman–Crippen MR) is 142 cm³/mol. The molecule has 0 aromatic carbocycles. The molecule has 2 aliphatic heterocycles. The van der Waals surface area contributed by atoms with E-state index in [0.717, 1.165) is 31.5 Å². The number of hydrogen-bond acceptors (Lipinski definition) is 9. The number of aliphatic imine (C=N–C) groups is 1. The number of esters is 1. The standard InChI is InChI=1S/C27H38F2N4O7/c1-2-3-4-5-6-7-8-9-10-11-14-39-24(37)19-15-18(16-30-19)23(36)31-21-12-13-33(26(38)32-21)25-27(28,29)22(35)20(17-34)40-25/h12-13,15,20,22,25,34-35H,2-11,14,16-17H2,1H3,(H,31,32,36,38)/t20-,22-,25-/m1/s1. The highest BCUT2D eigenvalue weighted by Crippen LogP contribution is 2.42. The van der Waals surface area contributed by atoms with Gasteiger partial charge in [-0.1, -0.05) is 64.7 Å². The topological polar surface area (TPSA) is 152 Å². The molecule has 0 unspecified atom stereocenters. The van der Waals surface area contributed by atoms with Gasteiger partial charge in [-0.05, 0) is 18.6 Å². The first-order valence-electron chi connectivity index (χ1n) is 13.8. The number of unbranched alkanes of at least 4 members (excludes halogenated alkanes) is 9. The molecule has 0 radical (unpaired) electrons. The summed E-state index contributed by atoms with van der Waals surface area (Å²) in [6.45, 7) is 1.53. The summed E-state index contributed by atoms with van der Waals surface area (Å²) in [6, 6.07) is 1.11. The fourth-order valence-electron chi connectivity index (χ4n) is 4.49. The SMILES string of the molecule is CCCCCCCCCCCCOC(=O)C1=NCC(C(=O)Nc2ccn([C@@H]3O[C@H](CO)[C@@H](O)C3(F)F)c(=O)n2)=C1. The van der Waals surface area contributed by atoms with Crippen molar-refractivity contribution in [3.05, 3.63) is 34.4 Å². The number of aromatic nitrogens is 2. The zero-order valence-electron chi connectivity index (χ0n) is 22.7. The molecule has 1 saturated heterocycles. The molecule has 0 bridgehead atoms.